The number of carbonyl (C=O) groups is 1. The van der Waals surface area contributed by atoms with Crippen LogP contribution in [0.25, 0.3) is 0 Å². The van der Waals surface area contributed by atoms with Gasteiger partial charge in [-0.15, -0.1) is 0 Å². The fourth-order valence-corrected chi connectivity index (χ4v) is 4.39. The van der Waals surface area contributed by atoms with Gasteiger partial charge in [-0.25, -0.2) is 0 Å². The molecule has 24 heavy (non-hydrogen) atoms. The van der Waals surface area contributed by atoms with Crippen molar-refractivity contribution in [1.82, 2.24) is 19.6 Å². The molecule has 134 valence electrons. The molecule has 2 saturated heterocycles. The Morgan fingerprint density at radius 1 is 1.42 bits per heavy atom. The lowest BCUT2D eigenvalue weighted by atomic mass is 9.71. The van der Waals surface area contributed by atoms with E-state index in [0.29, 0.717) is 17.5 Å². The number of hydrogen-bond donors (Lipinski definition) is 0. The highest BCUT2D eigenvalue weighted by atomic mass is 16.5. The van der Waals surface area contributed by atoms with E-state index in [9.17, 15) is 4.79 Å². The highest BCUT2D eigenvalue weighted by Crippen LogP contribution is 2.45. The van der Waals surface area contributed by atoms with Gasteiger partial charge in [-0.1, -0.05) is 0 Å². The lowest BCUT2D eigenvalue weighted by Crippen LogP contribution is -2.47. The van der Waals surface area contributed by atoms with E-state index in [0.717, 1.165) is 45.6 Å². The molecule has 2 aliphatic rings. The number of methoxy groups -OCH3 is 1. The van der Waals surface area contributed by atoms with Crippen LogP contribution in [0.4, 0.5) is 0 Å². The molecule has 6 nitrogen and oxygen atoms in total. The smallest absolute Gasteiger partial charge is 0.257 e. The lowest BCUT2D eigenvalue weighted by Gasteiger charge is -2.43. The zero-order chi connectivity index (χ0) is 17.3. The number of carbonyl (C=O) groups excluding carboxylic acids is 1. The van der Waals surface area contributed by atoms with Crippen LogP contribution in [0, 0.1) is 11.3 Å². The van der Waals surface area contributed by atoms with Gasteiger partial charge in [-0.3, -0.25) is 9.48 Å². The second kappa shape index (κ2) is 6.84. The molecule has 1 spiro atoms. The van der Waals surface area contributed by atoms with E-state index in [2.05, 4.69) is 23.8 Å². The summed E-state index contributed by atoms with van der Waals surface area (Å²) in [5.41, 5.74) is 0.893. The number of amides is 1. The Morgan fingerprint density at radius 2 is 2.12 bits per heavy atom. The van der Waals surface area contributed by atoms with Crippen LogP contribution in [0.2, 0.25) is 0 Å². The Labute approximate surface area is 144 Å². The van der Waals surface area contributed by atoms with E-state index in [4.69, 9.17) is 4.74 Å². The topological polar surface area (TPSA) is 50.6 Å². The van der Waals surface area contributed by atoms with Gasteiger partial charge < -0.3 is 14.5 Å². The van der Waals surface area contributed by atoms with Crippen LogP contribution < -0.4 is 0 Å². The number of aryl methyl sites for hydroxylation is 1. The highest BCUT2D eigenvalue weighted by molar-refractivity contribution is 5.94. The van der Waals surface area contributed by atoms with Crippen LogP contribution >= 0.6 is 0 Å². The number of hydrogen-bond acceptors (Lipinski definition) is 4. The summed E-state index contributed by atoms with van der Waals surface area (Å²) in [6.07, 6.45) is 5.77. The van der Waals surface area contributed by atoms with E-state index in [1.165, 1.54) is 0 Å². The van der Waals surface area contributed by atoms with Crippen molar-refractivity contribution >= 4 is 5.91 Å². The molecule has 2 aliphatic heterocycles. The van der Waals surface area contributed by atoms with Gasteiger partial charge in [0.25, 0.3) is 5.91 Å². The van der Waals surface area contributed by atoms with Gasteiger partial charge in [-0.05, 0) is 45.2 Å². The highest BCUT2D eigenvalue weighted by Gasteiger charge is 2.49. The molecule has 2 fully saturated rings. The van der Waals surface area contributed by atoms with Gasteiger partial charge >= 0.3 is 0 Å². The van der Waals surface area contributed by atoms with Gasteiger partial charge in [-0.2, -0.15) is 5.10 Å². The quantitative estimate of drug-likeness (QED) is 0.840. The van der Waals surface area contributed by atoms with Crippen LogP contribution in [0.15, 0.2) is 12.4 Å². The summed E-state index contributed by atoms with van der Waals surface area (Å²) in [5.74, 6) is 0.532. The summed E-state index contributed by atoms with van der Waals surface area (Å²) in [6.45, 7) is 9.14. The molecular formula is C18H30N4O2. The van der Waals surface area contributed by atoms with Crippen molar-refractivity contribution in [2.75, 3.05) is 39.9 Å². The van der Waals surface area contributed by atoms with E-state index in [1.807, 2.05) is 11.9 Å². The zero-order valence-electron chi connectivity index (χ0n) is 15.4. The molecule has 0 saturated carbocycles. The predicted molar refractivity (Wildman–Crippen MR) is 92.9 cm³/mol. The van der Waals surface area contributed by atoms with Crippen LogP contribution in [0.3, 0.4) is 0 Å². The van der Waals surface area contributed by atoms with Crippen molar-refractivity contribution in [2.24, 2.45) is 18.4 Å². The minimum absolute atomic E-state index is 0.104. The van der Waals surface area contributed by atoms with Crippen molar-refractivity contribution in [3.05, 3.63) is 18.0 Å². The molecule has 1 aromatic heterocycles. The van der Waals surface area contributed by atoms with Crippen LogP contribution in [-0.4, -0.2) is 71.4 Å². The Hall–Kier alpha value is -1.40. The third-order valence-electron chi connectivity index (χ3n) is 5.94. The Balaban J connectivity index is 1.74. The SMILES string of the molecule is COC[C@@H]1CN(C(=O)c2cnn(C)c2)CC12CCN(C(C)C)CC2. The largest absolute Gasteiger partial charge is 0.384 e. The van der Waals surface area contributed by atoms with Gasteiger partial charge in [0.05, 0.1) is 18.4 Å². The predicted octanol–water partition coefficient (Wildman–Crippen LogP) is 1.63. The monoisotopic (exact) mass is 334 g/mol. The Morgan fingerprint density at radius 3 is 2.67 bits per heavy atom. The molecule has 0 aromatic carbocycles. The maximum Gasteiger partial charge on any atom is 0.257 e. The summed E-state index contributed by atoms with van der Waals surface area (Å²) >= 11 is 0. The molecule has 1 aromatic rings. The van der Waals surface area contributed by atoms with Crippen molar-refractivity contribution in [3.8, 4) is 0 Å². The lowest BCUT2D eigenvalue weighted by molar-refractivity contribution is 0.0279. The second-order valence-corrected chi connectivity index (χ2v) is 7.73. The fraction of sp³-hybridized carbons (Fsp3) is 0.778. The number of piperidine rings is 1. The summed E-state index contributed by atoms with van der Waals surface area (Å²) in [7, 11) is 3.61. The standard InChI is InChI=1S/C18H30N4O2/c1-14(2)21-7-5-18(6-8-21)13-22(11-16(18)12-24-4)17(23)15-9-19-20(3)10-15/h9-10,14,16H,5-8,11-13H2,1-4H3/t16-/m0/s1. The fourth-order valence-electron chi connectivity index (χ4n) is 4.39. The molecule has 3 heterocycles. The summed E-state index contributed by atoms with van der Waals surface area (Å²) in [4.78, 5) is 17.4. The van der Waals surface area contributed by atoms with Gasteiger partial charge in [0.2, 0.25) is 0 Å². The Bertz CT molecular complexity index is 575. The van der Waals surface area contributed by atoms with E-state index in [1.54, 1.807) is 24.2 Å². The number of aromatic nitrogens is 2. The zero-order valence-corrected chi connectivity index (χ0v) is 15.4. The maximum atomic E-state index is 12.8. The van der Waals surface area contributed by atoms with Crippen molar-refractivity contribution in [3.63, 3.8) is 0 Å². The van der Waals surface area contributed by atoms with Crippen LogP contribution in [0.1, 0.15) is 37.0 Å². The van der Waals surface area contributed by atoms with Gasteiger partial charge in [0.15, 0.2) is 0 Å². The molecule has 6 heteroatoms. The number of likely N-dealkylation sites (tertiary alicyclic amines) is 2. The maximum absolute atomic E-state index is 12.8. The van der Waals surface area contributed by atoms with Gasteiger partial charge in [0, 0.05) is 45.4 Å². The number of ether oxygens (including phenoxy) is 1. The number of rotatable bonds is 4. The average molecular weight is 334 g/mol. The molecule has 0 bridgehead atoms. The molecular weight excluding hydrogens is 304 g/mol. The average Bonchev–Trinajstić information content (AvgIpc) is 3.13. The molecule has 0 aliphatic carbocycles. The first kappa shape index (κ1) is 17.4. The summed E-state index contributed by atoms with van der Waals surface area (Å²) < 4.78 is 7.18. The van der Waals surface area contributed by atoms with Crippen LogP contribution in [-0.2, 0) is 11.8 Å². The molecule has 1 atom stereocenters. The normalized spacial score (nSPS) is 24.2. The van der Waals surface area contributed by atoms with Gasteiger partial charge in [0.1, 0.15) is 0 Å². The molecule has 0 unspecified atom stereocenters. The molecule has 0 radical (unpaired) electrons. The first-order valence-corrected chi connectivity index (χ1v) is 8.96. The van der Waals surface area contributed by atoms with Crippen molar-refractivity contribution < 1.29 is 9.53 Å². The van der Waals surface area contributed by atoms with E-state index < -0.39 is 0 Å². The molecule has 1 amide bonds. The van der Waals surface area contributed by atoms with E-state index in [-0.39, 0.29) is 11.3 Å². The van der Waals surface area contributed by atoms with Crippen LogP contribution in [0.5, 0.6) is 0 Å². The van der Waals surface area contributed by atoms with Crippen molar-refractivity contribution in [1.29, 1.82) is 0 Å². The Kier molecular flexibility index (Phi) is 4.97. The third-order valence-corrected chi connectivity index (χ3v) is 5.94. The first-order valence-electron chi connectivity index (χ1n) is 8.96. The van der Waals surface area contributed by atoms with Crippen molar-refractivity contribution in [2.45, 2.75) is 32.7 Å². The van der Waals surface area contributed by atoms with E-state index >= 15 is 0 Å². The number of nitrogens with zero attached hydrogens (tertiary/aromatic N) is 4. The molecule has 0 N–H and O–H groups in total. The first-order chi connectivity index (χ1) is 11.4. The minimum atomic E-state index is 0.104. The molecule has 3 rings (SSSR count). The minimum Gasteiger partial charge on any atom is -0.384 e. The third kappa shape index (κ3) is 3.22. The summed E-state index contributed by atoms with van der Waals surface area (Å²) in [5, 5.41) is 4.14. The second-order valence-electron chi connectivity index (χ2n) is 7.73. The summed E-state index contributed by atoms with van der Waals surface area (Å²) in [6, 6.07) is 0.595.